The van der Waals surface area contributed by atoms with Gasteiger partial charge in [0, 0.05) is 5.56 Å². The van der Waals surface area contributed by atoms with Crippen LogP contribution in [0.25, 0.3) is 21.5 Å². The molecule has 0 unspecified atom stereocenters. The molecule has 0 bridgehead atoms. The van der Waals surface area contributed by atoms with Gasteiger partial charge in [0.25, 0.3) is 0 Å². The summed E-state index contributed by atoms with van der Waals surface area (Å²) in [6.07, 6.45) is 0. The van der Waals surface area contributed by atoms with Crippen LogP contribution in [0.3, 0.4) is 0 Å². The van der Waals surface area contributed by atoms with Gasteiger partial charge in [-0.2, -0.15) is 0 Å². The molecule has 0 saturated heterocycles. The first-order chi connectivity index (χ1) is 13.0. The number of ether oxygens (including phenoxy) is 1. The minimum absolute atomic E-state index is 0.0111. The lowest BCUT2D eigenvalue weighted by molar-refractivity contribution is 0.0735. The molecule has 0 heterocycles. The van der Waals surface area contributed by atoms with Gasteiger partial charge in [-0.1, -0.05) is 30.3 Å². The number of carbonyl (C=O) groups excluding carboxylic acids is 2. The van der Waals surface area contributed by atoms with E-state index in [4.69, 9.17) is 4.74 Å². The highest BCUT2D eigenvalue weighted by Crippen LogP contribution is 2.25. The first-order valence-electron chi connectivity index (χ1n) is 8.49. The molecule has 4 rings (SSSR count). The number of hydrogen-bond donors (Lipinski definition) is 1. The van der Waals surface area contributed by atoms with Crippen LogP contribution >= 0.6 is 0 Å². The van der Waals surface area contributed by atoms with E-state index in [2.05, 4.69) is 0 Å². The van der Waals surface area contributed by atoms with Crippen LogP contribution in [0.2, 0.25) is 0 Å². The molecule has 1 N–H and O–H groups in total. The summed E-state index contributed by atoms with van der Waals surface area (Å²) in [6.45, 7) is 1.53. The Kier molecular flexibility index (Phi) is 4.09. The second-order valence-corrected chi connectivity index (χ2v) is 6.42. The largest absolute Gasteiger partial charge is 0.508 e. The molecule has 4 aromatic rings. The van der Waals surface area contributed by atoms with E-state index >= 15 is 0 Å². The number of aromatic hydroxyl groups is 1. The molecule has 0 aliphatic rings. The number of Topliss-reactive ketones (excluding diaryl/α,β-unsaturated/α-hetero) is 1. The molecular weight excluding hydrogens is 340 g/mol. The number of hydrogen-bond acceptors (Lipinski definition) is 4. The van der Waals surface area contributed by atoms with Crippen LogP contribution in [0.1, 0.15) is 27.6 Å². The summed E-state index contributed by atoms with van der Waals surface area (Å²) in [6, 6.07) is 20.9. The van der Waals surface area contributed by atoms with E-state index in [9.17, 15) is 14.7 Å². The molecular formula is C23H16O4. The van der Waals surface area contributed by atoms with Gasteiger partial charge in [0.2, 0.25) is 0 Å². The van der Waals surface area contributed by atoms with Crippen LogP contribution in [-0.2, 0) is 0 Å². The zero-order valence-electron chi connectivity index (χ0n) is 14.6. The number of fused-ring (bicyclic) bond motifs is 2. The summed E-state index contributed by atoms with van der Waals surface area (Å²) in [7, 11) is 0. The maximum Gasteiger partial charge on any atom is 0.343 e. The highest BCUT2D eigenvalue weighted by molar-refractivity contribution is 5.99. The summed E-state index contributed by atoms with van der Waals surface area (Å²) in [5.41, 5.74) is 1.08. The standard InChI is InChI=1S/C23H16O4/c1-14(24)15-2-3-19-13-22(9-7-17(19)10-15)27-23(26)20-5-4-18-12-21(25)8-6-16(18)11-20/h2-13,25H,1H3. The van der Waals surface area contributed by atoms with E-state index in [1.807, 2.05) is 18.2 Å². The summed E-state index contributed by atoms with van der Waals surface area (Å²) < 4.78 is 5.50. The fourth-order valence-corrected chi connectivity index (χ4v) is 3.03. The van der Waals surface area contributed by atoms with Gasteiger partial charge in [-0.15, -0.1) is 0 Å². The molecule has 4 aromatic carbocycles. The van der Waals surface area contributed by atoms with E-state index in [0.717, 1.165) is 21.5 Å². The number of carbonyl (C=O) groups is 2. The van der Waals surface area contributed by atoms with Crippen molar-refractivity contribution in [3.63, 3.8) is 0 Å². The normalized spacial score (nSPS) is 10.9. The average Bonchev–Trinajstić information content (AvgIpc) is 2.67. The molecule has 0 radical (unpaired) electrons. The Bertz CT molecular complexity index is 1210. The number of esters is 1. The zero-order valence-corrected chi connectivity index (χ0v) is 14.6. The van der Waals surface area contributed by atoms with Gasteiger partial charge >= 0.3 is 5.97 Å². The summed E-state index contributed by atoms with van der Waals surface area (Å²) >= 11 is 0. The van der Waals surface area contributed by atoms with E-state index in [-0.39, 0.29) is 11.5 Å². The van der Waals surface area contributed by atoms with Crippen molar-refractivity contribution in [3.05, 3.63) is 83.9 Å². The van der Waals surface area contributed by atoms with Gasteiger partial charge in [-0.3, -0.25) is 4.79 Å². The van der Waals surface area contributed by atoms with E-state index in [1.54, 1.807) is 54.6 Å². The van der Waals surface area contributed by atoms with Crippen molar-refractivity contribution in [1.82, 2.24) is 0 Å². The first kappa shape index (κ1) is 16.8. The van der Waals surface area contributed by atoms with Crippen LogP contribution in [0, 0.1) is 0 Å². The molecule has 0 aromatic heterocycles. The lowest BCUT2D eigenvalue weighted by atomic mass is 10.0. The molecule has 0 saturated carbocycles. The number of phenolic OH excluding ortho intramolecular Hbond substituents is 1. The fourth-order valence-electron chi connectivity index (χ4n) is 3.03. The molecule has 132 valence electrons. The molecule has 0 aliphatic heterocycles. The highest BCUT2D eigenvalue weighted by Gasteiger charge is 2.10. The Morgan fingerprint density at radius 2 is 1.26 bits per heavy atom. The smallest absolute Gasteiger partial charge is 0.343 e. The maximum atomic E-state index is 12.5. The lowest BCUT2D eigenvalue weighted by Crippen LogP contribution is -2.08. The number of phenols is 1. The van der Waals surface area contributed by atoms with Crippen molar-refractivity contribution in [2.75, 3.05) is 0 Å². The monoisotopic (exact) mass is 356 g/mol. The maximum absolute atomic E-state index is 12.5. The fraction of sp³-hybridized carbons (Fsp3) is 0.0435. The Morgan fingerprint density at radius 3 is 2.00 bits per heavy atom. The predicted molar refractivity (Wildman–Crippen MR) is 105 cm³/mol. The van der Waals surface area contributed by atoms with Crippen LogP contribution in [0.4, 0.5) is 0 Å². The topological polar surface area (TPSA) is 63.6 Å². The molecule has 4 nitrogen and oxygen atoms in total. The van der Waals surface area contributed by atoms with Crippen molar-refractivity contribution >= 4 is 33.3 Å². The zero-order chi connectivity index (χ0) is 19.0. The predicted octanol–water partition coefficient (Wildman–Crippen LogP) is 5.12. The van der Waals surface area contributed by atoms with Crippen LogP contribution in [0.5, 0.6) is 11.5 Å². The summed E-state index contributed by atoms with van der Waals surface area (Å²) in [5.74, 6) is 0.178. The van der Waals surface area contributed by atoms with Crippen molar-refractivity contribution in [3.8, 4) is 11.5 Å². The average molecular weight is 356 g/mol. The number of benzene rings is 4. The van der Waals surface area contributed by atoms with Crippen LogP contribution in [-0.4, -0.2) is 16.9 Å². The number of ketones is 1. The third-order valence-electron chi connectivity index (χ3n) is 4.49. The third-order valence-corrected chi connectivity index (χ3v) is 4.49. The Labute approximate surface area is 155 Å². The Morgan fingerprint density at radius 1 is 0.704 bits per heavy atom. The van der Waals surface area contributed by atoms with Gasteiger partial charge in [0.05, 0.1) is 5.56 Å². The molecule has 4 heteroatoms. The second-order valence-electron chi connectivity index (χ2n) is 6.42. The van der Waals surface area contributed by atoms with Crippen molar-refractivity contribution in [1.29, 1.82) is 0 Å². The second kappa shape index (κ2) is 6.57. The molecule has 0 spiro atoms. The minimum atomic E-state index is -0.454. The van der Waals surface area contributed by atoms with E-state index in [0.29, 0.717) is 16.9 Å². The van der Waals surface area contributed by atoms with Crippen LogP contribution in [0.15, 0.2) is 72.8 Å². The SMILES string of the molecule is CC(=O)c1ccc2cc(OC(=O)c3ccc4cc(O)ccc4c3)ccc2c1. The Balaban J connectivity index is 1.61. The van der Waals surface area contributed by atoms with Gasteiger partial charge in [-0.05, 0) is 70.9 Å². The van der Waals surface area contributed by atoms with Crippen molar-refractivity contribution in [2.45, 2.75) is 6.92 Å². The number of rotatable bonds is 3. The van der Waals surface area contributed by atoms with Crippen LogP contribution < -0.4 is 4.74 Å². The summed E-state index contributed by atoms with van der Waals surface area (Å²) in [5, 5.41) is 13.0. The van der Waals surface area contributed by atoms with Gasteiger partial charge in [0.15, 0.2) is 5.78 Å². The van der Waals surface area contributed by atoms with Gasteiger partial charge in [0.1, 0.15) is 11.5 Å². The van der Waals surface area contributed by atoms with Gasteiger partial charge in [-0.25, -0.2) is 4.79 Å². The van der Waals surface area contributed by atoms with Gasteiger partial charge < -0.3 is 9.84 Å². The molecule has 0 atom stereocenters. The minimum Gasteiger partial charge on any atom is -0.508 e. The van der Waals surface area contributed by atoms with Crippen molar-refractivity contribution in [2.24, 2.45) is 0 Å². The quantitative estimate of drug-likeness (QED) is 0.314. The summed E-state index contributed by atoms with van der Waals surface area (Å²) in [4.78, 5) is 24.0. The molecule has 0 amide bonds. The molecule has 0 aliphatic carbocycles. The third kappa shape index (κ3) is 3.37. The Hall–Kier alpha value is -3.66. The molecule has 27 heavy (non-hydrogen) atoms. The lowest BCUT2D eigenvalue weighted by Gasteiger charge is -2.07. The first-order valence-corrected chi connectivity index (χ1v) is 8.49. The highest BCUT2D eigenvalue weighted by atomic mass is 16.5. The van der Waals surface area contributed by atoms with Crippen molar-refractivity contribution < 1.29 is 19.4 Å². The van der Waals surface area contributed by atoms with E-state index in [1.165, 1.54) is 6.92 Å². The molecule has 0 fully saturated rings. The van der Waals surface area contributed by atoms with E-state index < -0.39 is 5.97 Å².